The van der Waals surface area contributed by atoms with E-state index in [9.17, 15) is 4.57 Å². The first-order chi connectivity index (χ1) is 4.01. The van der Waals surface area contributed by atoms with E-state index in [1.54, 1.807) is 0 Å². The molecule has 0 fully saturated rings. The second-order valence-corrected chi connectivity index (χ2v) is 5.05. The molecule has 1 N–H and O–H groups in total. The van der Waals surface area contributed by atoms with Crippen LogP contribution in [0.5, 0.6) is 0 Å². The minimum atomic E-state index is -2.73. The van der Waals surface area contributed by atoms with Gasteiger partial charge in [0.2, 0.25) is 7.37 Å². The second-order valence-electron chi connectivity index (χ2n) is 2.72. The van der Waals surface area contributed by atoms with Gasteiger partial charge in [-0.2, -0.15) is 0 Å². The number of rotatable bonds is 0. The van der Waals surface area contributed by atoms with Gasteiger partial charge in [-0.05, 0) is 13.8 Å². The summed E-state index contributed by atoms with van der Waals surface area (Å²) in [5, 5.41) is 0. The molecule has 0 atom stereocenters. The highest BCUT2D eigenvalue weighted by Gasteiger charge is 2.26. The minimum Gasteiger partial charge on any atom is -0.344 e. The molecular formula is C6H11O2P. The smallest absolute Gasteiger partial charge is 0.208 e. The molecule has 1 aliphatic rings. The highest BCUT2D eigenvalue weighted by Crippen LogP contribution is 2.49. The zero-order valence-electron chi connectivity index (χ0n) is 5.72. The first kappa shape index (κ1) is 7.04. The van der Waals surface area contributed by atoms with Crippen molar-refractivity contribution in [3.8, 4) is 0 Å². The molecule has 0 aliphatic carbocycles. The van der Waals surface area contributed by atoms with Gasteiger partial charge in [0.25, 0.3) is 0 Å². The summed E-state index contributed by atoms with van der Waals surface area (Å²) in [6, 6.07) is 0. The molecule has 0 unspecified atom stereocenters. The molecule has 0 spiro atoms. The fraction of sp³-hybridized carbons (Fsp3) is 0.667. The molecule has 0 amide bonds. The highest BCUT2D eigenvalue weighted by molar-refractivity contribution is 7.58. The first-order valence-electron chi connectivity index (χ1n) is 2.97. The molecule has 52 valence electrons. The van der Waals surface area contributed by atoms with Crippen LogP contribution in [0.4, 0.5) is 0 Å². The van der Waals surface area contributed by atoms with E-state index in [1.165, 1.54) is 0 Å². The quantitative estimate of drug-likeness (QED) is 0.416. The van der Waals surface area contributed by atoms with E-state index in [2.05, 4.69) is 0 Å². The van der Waals surface area contributed by atoms with E-state index in [0.717, 1.165) is 11.1 Å². The third kappa shape index (κ3) is 1.44. The van der Waals surface area contributed by atoms with Crippen molar-refractivity contribution in [3.63, 3.8) is 0 Å². The van der Waals surface area contributed by atoms with E-state index >= 15 is 0 Å². The molecule has 1 heterocycles. The predicted molar refractivity (Wildman–Crippen MR) is 37.9 cm³/mol. The molecule has 0 aromatic heterocycles. The van der Waals surface area contributed by atoms with Crippen molar-refractivity contribution in [2.75, 3.05) is 12.3 Å². The normalized spacial score (nSPS) is 25.2. The van der Waals surface area contributed by atoms with E-state index < -0.39 is 7.37 Å². The van der Waals surface area contributed by atoms with Gasteiger partial charge in [-0.15, -0.1) is 0 Å². The van der Waals surface area contributed by atoms with Gasteiger partial charge >= 0.3 is 0 Å². The Morgan fingerprint density at radius 1 is 1.33 bits per heavy atom. The summed E-state index contributed by atoms with van der Waals surface area (Å²) in [4.78, 5) is 9.05. The molecule has 0 saturated heterocycles. The summed E-state index contributed by atoms with van der Waals surface area (Å²) in [6.45, 7) is 3.84. The van der Waals surface area contributed by atoms with Crippen LogP contribution >= 0.6 is 7.37 Å². The second kappa shape index (κ2) is 1.96. The van der Waals surface area contributed by atoms with Gasteiger partial charge in [-0.1, -0.05) is 11.1 Å². The van der Waals surface area contributed by atoms with E-state index in [-0.39, 0.29) is 0 Å². The number of hydrogen-bond acceptors (Lipinski definition) is 1. The van der Waals surface area contributed by atoms with E-state index in [4.69, 9.17) is 4.89 Å². The lowest BCUT2D eigenvalue weighted by atomic mass is 10.2. The van der Waals surface area contributed by atoms with Crippen LogP contribution in [0, 0.1) is 0 Å². The number of hydrogen-bond donors (Lipinski definition) is 1. The largest absolute Gasteiger partial charge is 0.344 e. The third-order valence-corrected chi connectivity index (χ3v) is 3.63. The van der Waals surface area contributed by atoms with Crippen molar-refractivity contribution >= 4 is 7.37 Å². The van der Waals surface area contributed by atoms with Gasteiger partial charge < -0.3 is 4.89 Å². The maximum Gasteiger partial charge on any atom is 0.208 e. The van der Waals surface area contributed by atoms with Gasteiger partial charge in [0.1, 0.15) is 0 Å². The van der Waals surface area contributed by atoms with Gasteiger partial charge in [0, 0.05) is 12.3 Å². The van der Waals surface area contributed by atoms with Crippen molar-refractivity contribution in [2.45, 2.75) is 13.8 Å². The first-order valence-corrected chi connectivity index (χ1v) is 5.00. The summed E-state index contributed by atoms with van der Waals surface area (Å²) >= 11 is 0. The minimum absolute atomic E-state index is 0.416. The summed E-state index contributed by atoms with van der Waals surface area (Å²) in [5.41, 5.74) is 2.20. The molecule has 0 aromatic rings. The van der Waals surface area contributed by atoms with Gasteiger partial charge in [0.05, 0.1) is 0 Å². The Kier molecular flexibility index (Phi) is 1.54. The fourth-order valence-electron chi connectivity index (χ4n) is 1.07. The van der Waals surface area contributed by atoms with Crippen LogP contribution in [0.1, 0.15) is 13.8 Å². The molecule has 0 bridgehead atoms. The molecule has 0 radical (unpaired) electrons. The van der Waals surface area contributed by atoms with Crippen LogP contribution in [-0.4, -0.2) is 17.2 Å². The van der Waals surface area contributed by atoms with Gasteiger partial charge in [-0.3, -0.25) is 4.57 Å². The molecule has 2 nitrogen and oxygen atoms in total. The molecule has 1 rings (SSSR count). The summed E-state index contributed by atoms with van der Waals surface area (Å²) in [5.74, 6) is 0. The monoisotopic (exact) mass is 146 g/mol. The Morgan fingerprint density at radius 3 is 1.78 bits per heavy atom. The zero-order chi connectivity index (χ0) is 7.07. The van der Waals surface area contributed by atoms with Crippen molar-refractivity contribution in [1.82, 2.24) is 0 Å². The Bertz CT molecular complexity index is 187. The lowest BCUT2D eigenvalue weighted by molar-refractivity contribution is 0.486. The third-order valence-electron chi connectivity index (χ3n) is 1.70. The Labute approximate surface area is 55.0 Å². The molecular weight excluding hydrogens is 135 g/mol. The maximum atomic E-state index is 10.9. The van der Waals surface area contributed by atoms with Crippen molar-refractivity contribution in [1.29, 1.82) is 0 Å². The van der Waals surface area contributed by atoms with Crippen LogP contribution in [0.2, 0.25) is 0 Å². The van der Waals surface area contributed by atoms with E-state index in [0.29, 0.717) is 12.3 Å². The standard InChI is InChI=1S/C6H11O2P/c1-5-3-9(7,8)4-6(5)2/h3-4H2,1-2H3,(H,7,8). The van der Waals surface area contributed by atoms with Crippen molar-refractivity contribution in [2.24, 2.45) is 0 Å². The van der Waals surface area contributed by atoms with Crippen molar-refractivity contribution in [3.05, 3.63) is 11.1 Å². The van der Waals surface area contributed by atoms with Crippen LogP contribution in [-0.2, 0) is 4.57 Å². The maximum absolute atomic E-state index is 10.9. The topological polar surface area (TPSA) is 37.3 Å². The summed E-state index contributed by atoms with van der Waals surface area (Å²) in [6.07, 6.45) is 0.831. The fourth-order valence-corrected chi connectivity index (χ4v) is 3.20. The average Bonchev–Trinajstić information content (AvgIpc) is 1.79. The van der Waals surface area contributed by atoms with E-state index in [1.807, 2.05) is 13.8 Å². The highest BCUT2D eigenvalue weighted by atomic mass is 31.2. The Morgan fingerprint density at radius 2 is 1.67 bits per heavy atom. The summed E-state index contributed by atoms with van der Waals surface area (Å²) in [7, 11) is -2.73. The molecule has 1 aliphatic heterocycles. The Hall–Kier alpha value is -0.0700. The van der Waals surface area contributed by atoms with Crippen LogP contribution in [0.3, 0.4) is 0 Å². The van der Waals surface area contributed by atoms with Crippen molar-refractivity contribution < 1.29 is 9.46 Å². The van der Waals surface area contributed by atoms with Crippen LogP contribution in [0.25, 0.3) is 0 Å². The lowest BCUT2D eigenvalue weighted by Gasteiger charge is -1.98. The average molecular weight is 146 g/mol. The molecule has 3 heteroatoms. The molecule has 0 saturated carbocycles. The van der Waals surface area contributed by atoms with Gasteiger partial charge in [-0.25, -0.2) is 0 Å². The Balaban J connectivity index is 2.82. The zero-order valence-corrected chi connectivity index (χ0v) is 6.61. The number of allylic oxidation sites excluding steroid dienone is 2. The molecule has 0 aromatic carbocycles. The van der Waals surface area contributed by atoms with Crippen LogP contribution in [0.15, 0.2) is 11.1 Å². The van der Waals surface area contributed by atoms with Crippen LogP contribution < -0.4 is 0 Å². The lowest BCUT2D eigenvalue weighted by Crippen LogP contribution is -1.82. The molecule has 9 heavy (non-hydrogen) atoms. The predicted octanol–water partition coefficient (Wildman–Crippen LogP) is 1.61. The van der Waals surface area contributed by atoms with Gasteiger partial charge in [0.15, 0.2) is 0 Å². The summed E-state index contributed by atoms with van der Waals surface area (Å²) < 4.78 is 10.9. The SMILES string of the molecule is CC1=C(C)CP(=O)(O)C1.